The summed E-state index contributed by atoms with van der Waals surface area (Å²) in [5.74, 6) is 0.626. The fourth-order valence-electron chi connectivity index (χ4n) is 1.74. The molecule has 0 bridgehead atoms. The maximum absolute atomic E-state index is 12.0. The molecule has 2 rings (SSSR count). The molecule has 5 nitrogen and oxygen atoms in total. The van der Waals surface area contributed by atoms with Gasteiger partial charge in [0.25, 0.3) is 0 Å². The molecule has 1 atom stereocenters. The molecule has 0 aliphatic rings. The standard InChI is InChI=1S/C15H19N3O2S/c1-3-10(2)20-13-6-4-5-11(7-13)17-14(19)8-12-9-21-15(16)18-12/h4-7,9-10H,3,8H2,1-2H3,(H2,16,18)(H,17,19). The van der Waals surface area contributed by atoms with Crippen molar-refractivity contribution in [1.29, 1.82) is 0 Å². The number of nitrogens with zero attached hydrogens (tertiary/aromatic N) is 1. The molecule has 1 heterocycles. The minimum Gasteiger partial charge on any atom is -0.491 e. The first kappa shape index (κ1) is 15.3. The van der Waals surface area contributed by atoms with Gasteiger partial charge in [-0.1, -0.05) is 13.0 Å². The van der Waals surface area contributed by atoms with Crippen LogP contribution in [0.1, 0.15) is 26.0 Å². The van der Waals surface area contributed by atoms with Gasteiger partial charge in [0.2, 0.25) is 5.91 Å². The summed E-state index contributed by atoms with van der Waals surface area (Å²) in [6.45, 7) is 4.08. The van der Waals surface area contributed by atoms with Crippen molar-refractivity contribution < 1.29 is 9.53 Å². The fraction of sp³-hybridized carbons (Fsp3) is 0.333. The first-order valence-electron chi connectivity index (χ1n) is 6.83. The number of amides is 1. The zero-order chi connectivity index (χ0) is 15.2. The Bertz CT molecular complexity index is 612. The lowest BCUT2D eigenvalue weighted by molar-refractivity contribution is -0.115. The summed E-state index contributed by atoms with van der Waals surface area (Å²) < 4.78 is 5.73. The average molecular weight is 305 g/mol. The molecule has 0 aliphatic carbocycles. The van der Waals surface area contributed by atoms with E-state index in [4.69, 9.17) is 10.5 Å². The van der Waals surface area contributed by atoms with Crippen LogP contribution in [0.15, 0.2) is 29.6 Å². The Hall–Kier alpha value is -2.08. The quantitative estimate of drug-likeness (QED) is 0.859. The van der Waals surface area contributed by atoms with E-state index in [1.165, 1.54) is 11.3 Å². The molecule has 1 aromatic heterocycles. The number of hydrogen-bond acceptors (Lipinski definition) is 5. The monoisotopic (exact) mass is 305 g/mol. The Morgan fingerprint density at radius 2 is 2.33 bits per heavy atom. The van der Waals surface area contributed by atoms with Gasteiger partial charge in [0.05, 0.1) is 18.2 Å². The van der Waals surface area contributed by atoms with Crippen LogP contribution < -0.4 is 15.8 Å². The van der Waals surface area contributed by atoms with Crippen molar-refractivity contribution in [2.24, 2.45) is 0 Å². The normalized spacial score (nSPS) is 11.9. The predicted molar refractivity (Wildman–Crippen MR) is 85.7 cm³/mol. The number of aromatic nitrogens is 1. The average Bonchev–Trinajstić information content (AvgIpc) is 2.84. The molecular weight excluding hydrogens is 286 g/mol. The molecule has 0 radical (unpaired) electrons. The topological polar surface area (TPSA) is 77.2 Å². The molecule has 112 valence electrons. The van der Waals surface area contributed by atoms with Crippen LogP contribution in [-0.2, 0) is 11.2 Å². The molecule has 0 fully saturated rings. The maximum Gasteiger partial charge on any atom is 0.230 e. The number of anilines is 2. The summed E-state index contributed by atoms with van der Waals surface area (Å²) in [6.07, 6.45) is 1.29. The first-order valence-corrected chi connectivity index (χ1v) is 7.71. The van der Waals surface area contributed by atoms with E-state index in [0.29, 0.717) is 16.5 Å². The van der Waals surface area contributed by atoms with E-state index in [1.54, 1.807) is 5.38 Å². The highest BCUT2D eigenvalue weighted by Crippen LogP contribution is 2.19. The van der Waals surface area contributed by atoms with Crippen molar-refractivity contribution in [2.45, 2.75) is 32.8 Å². The number of nitrogens with one attached hydrogen (secondary N) is 1. The van der Waals surface area contributed by atoms with E-state index in [9.17, 15) is 4.79 Å². The summed E-state index contributed by atoms with van der Waals surface area (Å²) >= 11 is 1.33. The second-order valence-corrected chi connectivity index (χ2v) is 5.66. The third kappa shape index (κ3) is 4.75. The Kier molecular flexibility index (Phi) is 5.16. The summed E-state index contributed by atoms with van der Waals surface area (Å²) in [5, 5.41) is 5.10. The molecule has 3 N–H and O–H groups in total. The van der Waals surface area contributed by atoms with Crippen molar-refractivity contribution in [3.8, 4) is 5.75 Å². The van der Waals surface area contributed by atoms with Crippen molar-refractivity contribution in [1.82, 2.24) is 4.98 Å². The van der Waals surface area contributed by atoms with Crippen LogP contribution in [0, 0.1) is 0 Å². The Labute approximate surface area is 128 Å². The van der Waals surface area contributed by atoms with Crippen molar-refractivity contribution in [2.75, 3.05) is 11.1 Å². The Balaban J connectivity index is 1.95. The van der Waals surface area contributed by atoms with E-state index < -0.39 is 0 Å². The third-order valence-corrected chi connectivity index (χ3v) is 3.66. The molecule has 1 amide bonds. The molecule has 1 unspecified atom stereocenters. The first-order chi connectivity index (χ1) is 10.1. The molecule has 1 aromatic carbocycles. The Morgan fingerprint density at radius 1 is 1.52 bits per heavy atom. The maximum atomic E-state index is 12.0. The summed E-state index contributed by atoms with van der Waals surface area (Å²) in [4.78, 5) is 16.0. The number of carbonyl (C=O) groups excluding carboxylic acids is 1. The van der Waals surface area contributed by atoms with Gasteiger partial charge in [-0.25, -0.2) is 4.98 Å². The second-order valence-electron chi connectivity index (χ2n) is 4.77. The largest absolute Gasteiger partial charge is 0.491 e. The fourth-order valence-corrected chi connectivity index (χ4v) is 2.30. The van der Waals surface area contributed by atoms with E-state index in [0.717, 1.165) is 12.2 Å². The predicted octanol–water partition coefficient (Wildman–Crippen LogP) is 3.08. The molecule has 21 heavy (non-hydrogen) atoms. The highest BCUT2D eigenvalue weighted by Gasteiger charge is 2.08. The third-order valence-electron chi connectivity index (χ3n) is 2.94. The van der Waals surface area contributed by atoms with Gasteiger partial charge in [0.15, 0.2) is 5.13 Å². The van der Waals surface area contributed by atoms with Crippen LogP contribution in [0.2, 0.25) is 0 Å². The lowest BCUT2D eigenvalue weighted by Crippen LogP contribution is -2.15. The van der Waals surface area contributed by atoms with Crippen LogP contribution >= 0.6 is 11.3 Å². The highest BCUT2D eigenvalue weighted by molar-refractivity contribution is 7.13. The summed E-state index contributed by atoms with van der Waals surface area (Å²) in [6, 6.07) is 7.38. The number of thiazole rings is 1. The number of carbonyl (C=O) groups is 1. The van der Waals surface area contributed by atoms with E-state index in [2.05, 4.69) is 17.2 Å². The van der Waals surface area contributed by atoms with Gasteiger partial charge < -0.3 is 15.8 Å². The van der Waals surface area contributed by atoms with Crippen LogP contribution in [0.25, 0.3) is 0 Å². The number of nitrogen functional groups attached to an aromatic ring is 1. The molecule has 0 aliphatic heterocycles. The van der Waals surface area contributed by atoms with Crippen LogP contribution in [-0.4, -0.2) is 17.0 Å². The van der Waals surface area contributed by atoms with Gasteiger partial charge in [-0.3, -0.25) is 4.79 Å². The van der Waals surface area contributed by atoms with E-state index in [1.807, 2.05) is 31.2 Å². The second kappa shape index (κ2) is 7.08. The Morgan fingerprint density at radius 3 is 3.00 bits per heavy atom. The molecule has 0 saturated heterocycles. The lowest BCUT2D eigenvalue weighted by atomic mass is 10.2. The van der Waals surface area contributed by atoms with Gasteiger partial charge in [0.1, 0.15) is 5.75 Å². The summed E-state index contributed by atoms with van der Waals surface area (Å²) in [5.41, 5.74) is 6.94. The number of ether oxygens (including phenoxy) is 1. The van der Waals surface area contributed by atoms with Gasteiger partial charge in [-0.05, 0) is 25.5 Å². The highest BCUT2D eigenvalue weighted by atomic mass is 32.1. The molecule has 0 spiro atoms. The van der Waals surface area contributed by atoms with Crippen LogP contribution in [0.3, 0.4) is 0 Å². The molecule has 2 aromatic rings. The minimum atomic E-state index is -0.124. The zero-order valence-corrected chi connectivity index (χ0v) is 12.9. The summed E-state index contributed by atoms with van der Waals surface area (Å²) in [7, 11) is 0. The van der Waals surface area contributed by atoms with Crippen LogP contribution in [0.5, 0.6) is 5.75 Å². The van der Waals surface area contributed by atoms with Crippen molar-refractivity contribution in [3.63, 3.8) is 0 Å². The molecule has 0 saturated carbocycles. The number of rotatable bonds is 6. The zero-order valence-electron chi connectivity index (χ0n) is 12.1. The van der Waals surface area contributed by atoms with E-state index >= 15 is 0 Å². The molecular formula is C15H19N3O2S. The minimum absolute atomic E-state index is 0.124. The van der Waals surface area contributed by atoms with Crippen LogP contribution in [0.4, 0.5) is 10.8 Å². The van der Waals surface area contributed by atoms with Gasteiger partial charge in [0, 0.05) is 17.1 Å². The van der Waals surface area contributed by atoms with E-state index in [-0.39, 0.29) is 18.4 Å². The molecule has 6 heteroatoms. The lowest BCUT2D eigenvalue weighted by Gasteiger charge is -2.13. The smallest absolute Gasteiger partial charge is 0.230 e. The van der Waals surface area contributed by atoms with Gasteiger partial charge in [-0.15, -0.1) is 11.3 Å². The van der Waals surface area contributed by atoms with Gasteiger partial charge in [-0.2, -0.15) is 0 Å². The SMILES string of the molecule is CCC(C)Oc1cccc(NC(=O)Cc2csc(N)n2)c1. The number of hydrogen-bond donors (Lipinski definition) is 2. The number of nitrogens with two attached hydrogens (primary N) is 1. The van der Waals surface area contributed by atoms with Crippen molar-refractivity contribution >= 4 is 28.1 Å². The van der Waals surface area contributed by atoms with Crippen molar-refractivity contribution in [3.05, 3.63) is 35.3 Å². The van der Waals surface area contributed by atoms with Gasteiger partial charge >= 0.3 is 0 Å². The number of benzene rings is 1.